The minimum atomic E-state index is -1.26. The van der Waals surface area contributed by atoms with Gasteiger partial charge in [0.1, 0.15) is 36.0 Å². The molecular formula is C34H54N8O8. The summed E-state index contributed by atoms with van der Waals surface area (Å²) in [4.78, 5) is 79.1. The van der Waals surface area contributed by atoms with Gasteiger partial charge in [-0.2, -0.15) is 0 Å². The number of carbonyl (C=O) groups is 6. The van der Waals surface area contributed by atoms with Gasteiger partial charge in [-0.05, 0) is 88.6 Å². The summed E-state index contributed by atoms with van der Waals surface area (Å²) >= 11 is 0. The molecule has 1 aromatic carbocycles. The Kier molecular flexibility index (Phi) is 18.5. The van der Waals surface area contributed by atoms with Gasteiger partial charge >= 0.3 is 5.97 Å². The van der Waals surface area contributed by atoms with Crippen LogP contribution in [0.5, 0.6) is 5.75 Å². The van der Waals surface area contributed by atoms with Gasteiger partial charge < -0.3 is 54.0 Å². The molecule has 0 radical (unpaired) electrons. The fourth-order valence-corrected chi connectivity index (χ4v) is 5.33. The number of nitrogens with two attached hydrogens (primary N) is 3. The number of nitrogens with one attached hydrogen (secondary N) is 5. The Morgan fingerprint density at radius 1 is 0.820 bits per heavy atom. The van der Waals surface area contributed by atoms with E-state index in [1.54, 1.807) is 31.2 Å². The van der Waals surface area contributed by atoms with Crippen molar-refractivity contribution in [3.63, 3.8) is 0 Å². The van der Waals surface area contributed by atoms with Crippen LogP contribution in [0.3, 0.4) is 0 Å². The first kappa shape index (κ1) is 41.6. The van der Waals surface area contributed by atoms with Gasteiger partial charge in [-0.15, -0.1) is 0 Å². The Morgan fingerprint density at radius 3 is 1.94 bits per heavy atom. The van der Waals surface area contributed by atoms with Crippen molar-refractivity contribution in [3.8, 4) is 5.75 Å². The number of carboxylic acids is 1. The summed E-state index contributed by atoms with van der Waals surface area (Å²) in [7, 11) is 0. The molecule has 0 spiro atoms. The predicted octanol–water partition coefficient (Wildman–Crippen LogP) is -0.821. The molecule has 2 rings (SSSR count). The van der Waals surface area contributed by atoms with E-state index >= 15 is 0 Å². The maximum absolute atomic E-state index is 13.8. The number of phenolic OH excluding ortho intramolecular Hbond substituents is 1. The lowest BCUT2D eigenvalue weighted by Gasteiger charge is -2.27. The monoisotopic (exact) mass is 702 g/mol. The molecule has 6 atom stereocenters. The first-order chi connectivity index (χ1) is 23.9. The number of carbonyl (C=O) groups excluding carboxylic acids is 5. The van der Waals surface area contributed by atoms with Crippen LogP contribution in [0.15, 0.2) is 36.4 Å². The number of benzene rings is 1. The summed E-state index contributed by atoms with van der Waals surface area (Å²) in [5.74, 6) is -4.52. The van der Waals surface area contributed by atoms with Crippen molar-refractivity contribution in [3.05, 3.63) is 42.0 Å². The summed E-state index contributed by atoms with van der Waals surface area (Å²) in [6.45, 7) is 2.53. The van der Waals surface area contributed by atoms with Crippen LogP contribution in [-0.4, -0.2) is 95.1 Å². The smallest absolute Gasteiger partial charge is 0.326 e. The number of rotatable bonds is 17. The van der Waals surface area contributed by atoms with Gasteiger partial charge in [0.2, 0.25) is 29.5 Å². The first-order valence-corrected chi connectivity index (χ1v) is 17.2. The number of aliphatic carboxylic acids is 1. The molecule has 50 heavy (non-hydrogen) atoms. The lowest BCUT2D eigenvalue weighted by molar-refractivity contribution is -0.142. The highest BCUT2D eigenvalue weighted by Crippen LogP contribution is 2.13. The number of hydrogen-bond donors (Lipinski definition) is 10. The molecule has 1 heterocycles. The highest BCUT2D eigenvalue weighted by Gasteiger charge is 2.32. The lowest BCUT2D eigenvalue weighted by atomic mass is 10.0. The molecule has 1 aliphatic rings. The van der Waals surface area contributed by atoms with Crippen LogP contribution in [-0.2, 0) is 35.2 Å². The minimum Gasteiger partial charge on any atom is -0.508 e. The zero-order chi connectivity index (χ0) is 37.1. The number of hydrogen-bond acceptors (Lipinski definition) is 10. The number of unbranched alkanes of at least 4 members (excludes halogenated alkanes) is 2. The minimum absolute atomic E-state index is 0.00547. The maximum Gasteiger partial charge on any atom is 0.326 e. The van der Waals surface area contributed by atoms with Crippen LogP contribution in [0.1, 0.15) is 76.7 Å². The van der Waals surface area contributed by atoms with Crippen molar-refractivity contribution < 1.29 is 39.0 Å². The summed E-state index contributed by atoms with van der Waals surface area (Å²) in [5.41, 5.74) is 17.9. The van der Waals surface area contributed by atoms with Gasteiger partial charge in [-0.1, -0.05) is 37.6 Å². The lowest BCUT2D eigenvalue weighted by Crippen LogP contribution is -2.59. The molecule has 0 aliphatic carbocycles. The van der Waals surface area contributed by atoms with Crippen molar-refractivity contribution in [2.45, 2.75) is 114 Å². The van der Waals surface area contributed by atoms with Crippen molar-refractivity contribution in [1.82, 2.24) is 26.6 Å². The molecule has 0 aromatic heterocycles. The quantitative estimate of drug-likeness (QED) is 0.0707. The molecule has 0 unspecified atom stereocenters. The molecule has 16 nitrogen and oxygen atoms in total. The van der Waals surface area contributed by atoms with Crippen LogP contribution >= 0.6 is 0 Å². The van der Waals surface area contributed by atoms with E-state index in [-0.39, 0.29) is 44.3 Å². The van der Waals surface area contributed by atoms with Crippen LogP contribution < -0.4 is 43.8 Å². The number of carboxylic acid groups (broad SMARTS) is 1. The van der Waals surface area contributed by atoms with E-state index in [2.05, 4.69) is 26.6 Å². The Bertz CT molecular complexity index is 1310. The topological polar surface area (TPSA) is 281 Å². The molecule has 0 fully saturated rings. The summed E-state index contributed by atoms with van der Waals surface area (Å²) in [6.07, 6.45) is 6.46. The standard InChI is InChI=1S/C34H54N8O8/c1-2-9-27(34(49)50)41-33(48)28(20-21-14-16-22(43)17-15-21)42-32(47)25-11-4-3-10-23(37)29(44)38-24(12-5-7-18-35)30(45)40-26(31(46)39-25)13-6-8-19-36/h3-4,14-17,23-28,43H,2,5-13,18-20,35-37H2,1H3,(H,38,44)(H,39,46)(H,40,45)(H,41,48)(H,42,47)(H,49,50)/b4-3+/t23-,24-,25-,26-,27-,28-/m0/s1. The van der Waals surface area contributed by atoms with E-state index in [1.165, 1.54) is 12.1 Å². The molecule has 278 valence electrons. The van der Waals surface area contributed by atoms with Gasteiger partial charge in [0.05, 0.1) is 6.04 Å². The molecule has 0 saturated carbocycles. The highest BCUT2D eigenvalue weighted by atomic mass is 16.4. The van der Waals surface area contributed by atoms with Gasteiger partial charge in [0, 0.05) is 6.42 Å². The Hall–Kier alpha value is -4.54. The average Bonchev–Trinajstić information content (AvgIpc) is 3.08. The summed E-state index contributed by atoms with van der Waals surface area (Å²) in [5, 5.41) is 32.6. The number of amides is 5. The van der Waals surface area contributed by atoms with Crippen LogP contribution in [0, 0.1) is 0 Å². The second kappa shape index (κ2) is 22.2. The van der Waals surface area contributed by atoms with E-state index in [1.807, 2.05) is 0 Å². The fourth-order valence-electron chi connectivity index (χ4n) is 5.33. The van der Waals surface area contributed by atoms with Gasteiger partial charge in [0.15, 0.2) is 0 Å². The van der Waals surface area contributed by atoms with Crippen molar-refractivity contribution >= 4 is 35.5 Å². The van der Waals surface area contributed by atoms with Crippen LogP contribution in [0.2, 0.25) is 0 Å². The molecule has 13 N–H and O–H groups in total. The molecule has 0 saturated heterocycles. The SMILES string of the molecule is CCC[C@H](NC(=O)[C@H](Cc1ccc(O)cc1)NC(=O)[C@@H]1C/C=C/C[C@H](N)C(=O)N[C@@H](CCCCN)C(=O)N[C@@H](CCCCN)C(=O)N1)C(=O)O. The van der Waals surface area contributed by atoms with E-state index < -0.39 is 71.8 Å². The zero-order valence-electron chi connectivity index (χ0n) is 28.7. The number of phenols is 1. The van der Waals surface area contributed by atoms with Crippen LogP contribution in [0.4, 0.5) is 0 Å². The van der Waals surface area contributed by atoms with Crippen LogP contribution in [0.25, 0.3) is 0 Å². The van der Waals surface area contributed by atoms with Gasteiger partial charge in [-0.25, -0.2) is 4.79 Å². The fraction of sp³-hybridized carbons (Fsp3) is 0.588. The molecule has 16 heteroatoms. The normalized spacial score (nSPS) is 22.1. The second-order valence-corrected chi connectivity index (χ2v) is 12.4. The van der Waals surface area contributed by atoms with Crippen molar-refractivity contribution in [1.29, 1.82) is 0 Å². The maximum atomic E-state index is 13.8. The first-order valence-electron chi connectivity index (χ1n) is 17.2. The third-order valence-corrected chi connectivity index (χ3v) is 8.26. The molecule has 1 aliphatic heterocycles. The Morgan fingerprint density at radius 2 is 1.38 bits per heavy atom. The Labute approximate surface area is 292 Å². The van der Waals surface area contributed by atoms with E-state index in [0.717, 1.165) is 0 Å². The molecular weight excluding hydrogens is 648 g/mol. The van der Waals surface area contributed by atoms with Gasteiger partial charge in [0.25, 0.3) is 0 Å². The molecule has 1 aromatic rings. The Balaban J connectivity index is 2.42. The predicted molar refractivity (Wildman–Crippen MR) is 186 cm³/mol. The second-order valence-electron chi connectivity index (χ2n) is 12.4. The van der Waals surface area contributed by atoms with E-state index in [0.29, 0.717) is 50.8 Å². The van der Waals surface area contributed by atoms with Crippen molar-refractivity contribution in [2.75, 3.05) is 13.1 Å². The number of aromatic hydroxyl groups is 1. The molecule has 0 bridgehead atoms. The zero-order valence-corrected chi connectivity index (χ0v) is 28.7. The third kappa shape index (κ3) is 14.5. The summed E-state index contributed by atoms with van der Waals surface area (Å²) < 4.78 is 0. The molecule has 5 amide bonds. The van der Waals surface area contributed by atoms with Crippen molar-refractivity contribution in [2.24, 2.45) is 17.2 Å². The highest BCUT2D eigenvalue weighted by molar-refractivity contribution is 5.96. The van der Waals surface area contributed by atoms with E-state index in [4.69, 9.17) is 17.2 Å². The largest absolute Gasteiger partial charge is 0.508 e. The third-order valence-electron chi connectivity index (χ3n) is 8.26. The van der Waals surface area contributed by atoms with E-state index in [9.17, 15) is 39.0 Å². The average molecular weight is 703 g/mol. The van der Waals surface area contributed by atoms with Gasteiger partial charge in [-0.3, -0.25) is 24.0 Å². The summed E-state index contributed by atoms with van der Waals surface area (Å²) in [6, 6.07) is -0.784.